The van der Waals surface area contributed by atoms with Crippen LogP contribution in [0, 0.1) is 5.92 Å². The zero-order valence-electron chi connectivity index (χ0n) is 13.9. The number of hydrogen-bond donors (Lipinski definition) is 0. The number of hydrogen-bond acceptors (Lipinski definition) is 4. The topological polar surface area (TPSA) is 66.9 Å². The smallest absolute Gasteiger partial charge is 0.410 e. The molecule has 2 aliphatic heterocycles. The molecule has 2 fully saturated rings. The highest BCUT2D eigenvalue weighted by Gasteiger charge is 2.50. The third-order valence-electron chi connectivity index (χ3n) is 4.66. The molecular formula is C16H26N2O4. The predicted octanol–water partition coefficient (Wildman–Crippen LogP) is 1.82. The minimum Gasteiger partial charge on any atom is -0.453 e. The highest BCUT2D eigenvalue weighted by atomic mass is 16.5. The van der Waals surface area contributed by atoms with Gasteiger partial charge in [-0.1, -0.05) is 20.8 Å². The third kappa shape index (κ3) is 2.83. The normalized spacial score (nSPS) is 28.0. The van der Waals surface area contributed by atoms with Crippen LogP contribution in [0.4, 0.5) is 4.79 Å². The Kier molecular flexibility index (Phi) is 5.08. The summed E-state index contributed by atoms with van der Waals surface area (Å²) in [6.45, 7) is 6.25. The largest absolute Gasteiger partial charge is 0.453 e. The maximum atomic E-state index is 12.9. The molecule has 124 valence electrons. The molecule has 0 bridgehead atoms. The summed E-state index contributed by atoms with van der Waals surface area (Å²) >= 11 is 0. The van der Waals surface area contributed by atoms with Gasteiger partial charge in [0.05, 0.1) is 19.2 Å². The number of rotatable bonds is 4. The molecule has 2 rings (SSSR count). The molecule has 6 nitrogen and oxygen atoms in total. The van der Waals surface area contributed by atoms with Crippen LogP contribution < -0.4 is 0 Å². The van der Waals surface area contributed by atoms with E-state index < -0.39 is 12.1 Å². The maximum Gasteiger partial charge on any atom is 0.410 e. The molecule has 0 aromatic carbocycles. The van der Waals surface area contributed by atoms with Crippen LogP contribution in [0.15, 0.2) is 0 Å². The van der Waals surface area contributed by atoms with Crippen molar-refractivity contribution in [1.29, 1.82) is 0 Å². The molecule has 2 heterocycles. The van der Waals surface area contributed by atoms with E-state index in [0.29, 0.717) is 19.4 Å². The second-order valence-electron chi connectivity index (χ2n) is 6.52. The van der Waals surface area contributed by atoms with E-state index in [1.54, 1.807) is 4.90 Å². The standard InChI is InChI=1S/C16H26N2O4/c1-5-6-13(19)12-8-7-11-9-17(16(21)22-4)14(10(2)3)15(20)18(11)12/h10-12,14H,5-9H2,1-4H3. The van der Waals surface area contributed by atoms with E-state index >= 15 is 0 Å². The number of ether oxygens (including phenoxy) is 1. The highest BCUT2D eigenvalue weighted by molar-refractivity contribution is 5.94. The summed E-state index contributed by atoms with van der Waals surface area (Å²) in [5.41, 5.74) is 0. The molecule has 3 atom stereocenters. The SMILES string of the molecule is CCCC(=O)C1CCC2CN(C(=O)OC)C(C(C)C)C(=O)N21. The minimum atomic E-state index is -0.543. The summed E-state index contributed by atoms with van der Waals surface area (Å²) in [5.74, 6) is 0.0195. The first kappa shape index (κ1) is 16.8. The molecule has 2 amide bonds. The molecule has 0 aliphatic carbocycles. The fraction of sp³-hybridized carbons (Fsp3) is 0.812. The van der Waals surface area contributed by atoms with Gasteiger partial charge in [0.15, 0.2) is 5.78 Å². The van der Waals surface area contributed by atoms with Crippen LogP contribution in [0.1, 0.15) is 46.5 Å². The van der Waals surface area contributed by atoms with E-state index in [0.717, 1.165) is 12.8 Å². The number of Topliss-reactive ketones (excluding diaryl/α,β-unsaturated/α-hetero) is 1. The molecule has 22 heavy (non-hydrogen) atoms. The molecule has 0 saturated carbocycles. The second-order valence-corrected chi connectivity index (χ2v) is 6.52. The Morgan fingerprint density at radius 3 is 2.55 bits per heavy atom. The van der Waals surface area contributed by atoms with Crippen molar-refractivity contribution in [2.24, 2.45) is 5.92 Å². The van der Waals surface area contributed by atoms with Gasteiger partial charge >= 0.3 is 6.09 Å². The summed E-state index contributed by atoms with van der Waals surface area (Å²) < 4.78 is 4.83. The molecular weight excluding hydrogens is 284 g/mol. The van der Waals surface area contributed by atoms with Crippen molar-refractivity contribution in [3.05, 3.63) is 0 Å². The van der Waals surface area contributed by atoms with E-state index in [1.807, 2.05) is 20.8 Å². The maximum absolute atomic E-state index is 12.9. The van der Waals surface area contributed by atoms with Crippen LogP contribution in [0.25, 0.3) is 0 Å². The number of carbonyl (C=O) groups is 3. The Balaban J connectivity index is 2.26. The Hall–Kier alpha value is -1.59. The second kappa shape index (κ2) is 6.67. The van der Waals surface area contributed by atoms with Crippen molar-refractivity contribution in [2.75, 3.05) is 13.7 Å². The Bertz CT molecular complexity index is 463. The van der Waals surface area contributed by atoms with Gasteiger partial charge in [-0.2, -0.15) is 0 Å². The zero-order valence-corrected chi connectivity index (χ0v) is 13.9. The Morgan fingerprint density at radius 1 is 1.32 bits per heavy atom. The van der Waals surface area contributed by atoms with E-state index in [4.69, 9.17) is 4.74 Å². The molecule has 0 aromatic rings. The van der Waals surface area contributed by atoms with Crippen LogP contribution in [0.3, 0.4) is 0 Å². The third-order valence-corrected chi connectivity index (χ3v) is 4.66. The van der Waals surface area contributed by atoms with Gasteiger partial charge in [-0.25, -0.2) is 4.79 Å². The summed E-state index contributed by atoms with van der Waals surface area (Å²) in [4.78, 5) is 40.5. The number of fused-ring (bicyclic) bond motifs is 1. The van der Waals surface area contributed by atoms with Crippen LogP contribution in [0.5, 0.6) is 0 Å². The number of amides is 2. The van der Waals surface area contributed by atoms with Gasteiger partial charge in [-0.3, -0.25) is 14.5 Å². The first-order valence-electron chi connectivity index (χ1n) is 8.11. The van der Waals surface area contributed by atoms with Crippen molar-refractivity contribution >= 4 is 17.8 Å². The zero-order chi connectivity index (χ0) is 16.4. The summed E-state index contributed by atoms with van der Waals surface area (Å²) in [6, 6.07) is -0.912. The van der Waals surface area contributed by atoms with Crippen molar-refractivity contribution in [3.63, 3.8) is 0 Å². The van der Waals surface area contributed by atoms with Gasteiger partial charge in [-0.15, -0.1) is 0 Å². The lowest BCUT2D eigenvalue weighted by Crippen LogP contribution is -2.65. The van der Waals surface area contributed by atoms with Gasteiger partial charge in [0.2, 0.25) is 5.91 Å². The minimum absolute atomic E-state index is 0.0184. The summed E-state index contributed by atoms with van der Waals surface area (Å²) in [6.07, 6.45) is 2.31. The average Bonchev–Trinajstić information content (AvgIpc) is 2.90. The molecule has 0 aromatic heterocycles. The lowest BCUT2D eigenvalue weighted by molar-refractivity contribution is -0.150. The number of carbonyl (C=O) groups excluding carboxylic acids is 3. The average molecular weight is 310 g/mol. The highest BCUT2D eigenvalue weighted by Crippen LogP contribution is 2.34. The van der Waals surface area contributed by atoms with Crippen molar-refractivity contribution in [3.8, 4) is 0 Å². The van der Waals surface area contributed by atoms with Gasteiger partial charge in [0.1, 0.15) is 6.04 Å². The van der Waals surface area contributed by atoms with Crippen LogP contribution in [-0.4, -0.2) is 59.4 Å². The van der Waals surface area contributed by atoms with Crippen LogP contribution in [0.2, 0.25) is 0 Å². The predicted molar refractivity (Wildman–Crippen MR) is 81.3 cm³/mol. The number of ketones is 1. The monoisotopic (exact) mass is 310 g/mol. The summed E-state index contributed by atoms with van der Waals surface area (Å²) in [5, 5.41) is 0. The number of methoxy groups -OCH3 is 1. The van der Waals surface area contributed by atoms with Crippen LogP contribution >= 0.6 is 0 Å². The van der Waals surface area contributed by atoms with Gasteiger partial charge in [-0.05, 0) is 25.2 Å². The Labute approximate surface area is 131 Å². The van der Waals surface area contributed by atoms with Gasteiger partial charge in [0.25, 0.3) is 0 Å². The van der Waals surface area contributed by atoms with E-state index in [2.05, 4.69) is 0 Å². The molecule has 0 radical (unpaired) electrons. The van der Waals surface area contributed by atoms with Crippen molar-refractivity contribution in [1.82, 2.24) is 9.80 Å². The van der Waals surface area contributed by atoms with Gasteiger partial charge < -0.3 is 9.64 Å². The molecule has 0 spiro atoms. The number of nitrogens with zero attached hydrogens (tertiary/aromatic N) is 2. The van der Waals surface area contributed by atoms with E-state index in [9.17, 15) is 14.4 Å². The van der Waals surface area contributed by atoms with Crippen LogP contribution in [-0.2, 0) is 14.3 Å². The van der Waals surface area contributed by atoms with E-state index in [1.165, 1.54) is 12.0 Å². The lowest BCUT2D eigenvalue weighted by Gasteiger charge is -2.45. The fourth-order valence-corrected chi connectivity index (χ4v) is 3.70. The Morgan fingerprint density at radius 2 is 2.00 bits per heavy atom. The first-order chi connectivity index (χ1) is 10.4. The quantitative estimate of drug-likeness (QED) is 0.794. The molecule has 6 heteroatoms. The van der Waals surface area contributed by atoms with Crippen molar-refractivity contribution in [2.45, 2.75) is 64.6 Å². The van der Waals surface area contributed by atoms with Gasteiger partial charge in [0, 0.05) is 13.0 Å². The molecule has 2 saturated heterocycles. The molecule has 2 aliphatic rings. The molecule has 3 unspecified atom stereocenters. The fourth-order valence-electron chi connectivity index (χ4n) is 3.70. The first-order valence-corrected chi connectivity index (χ1v) is 8.11. The lowest BCUT2D eigenvalue weighted by atomic mass is 9.96. The summed E-state index contributed by atoms with van der Waals surface area (Å²) in [7, 11) is 1.33. The number of piperazine rings is 1. The van der Waals surface area contributed by atoms with Crippen molar-refractivity contribution < 1.29 is 19.1 Å². The van der Waals surface area contributed by atoms with E-state index in [-0.39, 0.29) is 29.7 Å². The molecule has 0 N–H and O–H groups in total.